The van der Waals surface area contributed by atoms with Crippen molar-refractivity contribution in [2.24, 2.45) is 5.73 Å². The topological polar surface area (TPSA) is 61.0 Å². The van der Waals surface area contributed by atoms with Crippen LogP contribution in [-0.2, 0) is 0 Å². The van der Waals surface area contributed by atoms with E-state index in [1.807, 2.05) is 36.4 Å². The summed E-state index contributed by atoms with van der Waals surface area (Å²) in [6.45, 7) is 0.932. The Labute approximate surface area is 94.1 Å². The average Bonchev–Trinajstić information content (AvgIpc) is 2.38. The van der Waals surface area contributed by atoms with Gasteiger partial charge in [0.1, 0.15) is 6.61 Å². The summed E-state index contributed by atoms with van der Waals surface area (Å²) in [6.07, 6.45) is 0. The monoisotopic (exact) mass is 215 g/mol. The predicted molar refractivity (Wildman–Crippen MR) is 62.0 cm³/mol. The van der Waals surface area contributed by atoms with Crippen LogP contribution in [0, 0.1) is 0 Å². The molecule has 1 aromatic carbocycles. The third-order valence-corrected chi connectivity index (χ3v) is 2.08. The summed E-state index contributed by atoms with van der Waals surface area (Å²) in [4.78, 5) is 0. The van der Waals surface area contributed by atoms with Gasteiger partial charge in [0.05, 0.1) is 5.69 Å². The molecule has 0 aliphatic carbocycles. The van der Waals surface area contributed by atoms with Crippen LogP contribution in [0.25, 0.3) is 11.3 Å². The summed E-state index contributed by atoms with van der Waals surface area (Å²) in [5.41, 5.74) is 7.20. The maximum Gasteiger partial charge on any atom is 0.233 e. The molecule has 0 saturated heterocycles. The summed E-state index contributed by atoms with van der Waals surface area (Å²) in [6, 6.07) is 13.6. The van der Waals surface area contributed by atoms with E-state index in [-0.39, 0.29) is 0 Å². The summed E-state index contributed by atoms with van der Waals surface area (Å²) < 4.78 is 5.25. The van der Waals surface area contributed by atoms with E-state index in [2.05, 4.69) is 10.2 Å². The Morgan fingerprint density at radius 2 is 1.81 bits per heavy atom. The van der Waals surface area contributed by atoms with E-state index >= 15 is 0 Å². The lowest BCUT2D eigenvalue weighted by Crippen LogP contribution is -2.11. The highest BCUT2D eigenvalue weighted by Crippen LogP contribution is 2.16. The molecule has 1 aromatic heterocycles. The number of nitrogens with zero attached hydrogens (tertiary/aromatic N) is 2. The van der Waals surface area contributed by atoms with Crippen molar-refractivity contribution in [3.05, 3.63) is 42.5 Å². The largest absolute Gasteiger partial charge is 0.475 e. The fourth-order valence-electron chi connectivity index (χ4n) is 1.32. The zero-order chi connectivity index (χ0) is 11.2. The number of ether oxygens (including phenoxy) is 1. The normalized spacial score (nSPS) is 10.1. The first kappa shape index (κ1) is 10.6. The van der Waals surface area contributed by atoms with Gasteiger partial charge >= 0.3 is 0 Å². The van der Waals surface area contributed by atoms with E-state index in [9.17, 15) is 0 Å². The second kappa shape index (κ2) is 5.23. The van der Waals surface area contributed by atoms with Gasteiger partial charge in [-0.15, -0.1) is 10.2 Å². The first-order chi connectivity index (χ1) is 7.90. The minimum atomic E-state index is 0.458. The Morgan fingerprint density at radius 1 is 1.00 bits per heavy atom. The van der Waals surface area contributed by atoms with Crippen molar-refractivity contribution in [3.8, 4) is 17.1 Å². The molecular formula is C12H13N3O. The Bertz CT molecular complexity index is 428. The van der Waals surface area contributed by atoms with E-state index in [4.69, 9.17) is 10.5 Å². The van der Waals surface area contributed by atoms with Crippen LogP contribution >= 0.6 is 0 Å². The summed E-state index contributed by atoms with van der Waals surface area (Å²) >= 11 is 0. The molecule has 0 spiro atoms. The van der Waals surface area contributed by atoms with Gasteiger partial charge in [-0.2, -0.15) is 0 Å². The molecule has 4 heteroatoms. The maximum atomic E-state index is 5.32. The van der Waals surface area contributed by atoms with Crippen molar-refractivity contribution in [3.63, 3.8) is 0 Å². The van der Waals surface area contributed by atoms with Gasteiger partial charge in [0.25, 0.3) is 0 Å². The van der Waals surface area contributed by atoms with Crippen LogP contribution in [-0.4, -0.2) is 23.3 Å². The lowest BCUT2D eigenvalue weighted by atomic mass is 10.1. The number of hydrogen-bond donors (Lipinski definition) is 1. The second-order valence-electron chi connectivity index (χ2n) is 3.26. The van der Waals surface area contributed by atoms with Crippen LogP contribution in [0.5, 0.6) is 5.88 Å². The first-order valence-corrected chi connectivity index (χ1v) is 5.12. The Hall–Kier alpha value is -1.94. The minimum Gasteiger partial charge on any atom is -0.475 e. The fourth-order valence-corrected chi connectivity index (χ4v) is 1.32. The molecule has 16 heavy (non-hydrogen) atoms. The molecule has 2 rings (SSSR count). The lowest BCUT2D eigenvalue weighted by molar-refractivity contribution is 0.312. The number of hydrogen-bond acceptors (Lipinski definition) is 4. The van der Waals surface area contributed by atoms with Crippen LogP contribution in [0.2, 0.25) is 0 Å². The van der Waals surface area contributed by atoms with Gasteiger partial charge in [-0.25, -0.2) is 0 Å². The van der Waals surface area contributed by atoms with Crippen molar-refractivity contribution >= 4 is 0 Å². The summed E-state index contributed by atoms with van der Waals surface area (Å²) in [5, 5.41) is 8.05. The zero-order valence-electron chi connectivity index (χ0n) is 8.84. The van der Waals surface area contributed by atoms with Gasteiger partial charge in [-0.05, 0) is 6.07 Å². The van der Waals surface area contributed by atoms with Gasteiger partial charge in [0.15, 0.2) is 0 Å². The first-order valence-electron chi connectivity index (χ1n) is 5.12. The Morgan fingerprint density at radius 3 is 2.44 bits per heavy atom. The van der Waals surface area contributed by atoms with Crippen LogP contribution in [0.15, 0.2) is 42.5 Å². The van der Waals surface area contributed by atoms with E-state index < -0.39 is 0 Å². The average molecular weight is 215 g/mol. The number of nitrogens with two attached hydrogens (primary N) is 1. The van der Waals surface area contributed by atoms with Crippen molar-refractivity contribution in [1.82, 2.24) is 10.2 Å². The number of aromatic nitrogens is 2. The summed E-state index contributed by atoms with van der Waals surface area (Å²) in [7, 11) is 0. The molecule has 1 heterocycles. The third kappa shape index (κ3) is 2.55. The van der Waals surface area contributed by atoms with Crippen molar-refractivity contribution in [1.29, 1.82) is 0 Å². The van der Waals surface area contributed by atoms with E-state index in [1.165, 1.54) is 0 Å². The molecule has 0 aliphatic rings. The molecule has 2 N–H and O–H groups in total. The highest BCUT2D eigenvalue weighted by atomic mass is 16.5. The fraction of sp³-hybridized carbons (Fsp3) is 0.167. The molecule has 0 saturated carbocycles. The van der Waals surface area contributed by atoms with E-state index in [0.717, 1.165) is 11.3 Å². The third-order valence-electron chi connectivity index (χ3n) is 2.08. The van der Waals surface area contributed by atoms with Gasteiger partial charge in [0.2, 0.25) is 5.88 Å². The Kier molecular flexibility index (Phi) is 3.46. The van der Waals surface area contributed by atoms with Crippen molar-refractivity contribution in [2.75, 3.05) is 13.2 Å². The second-order valence-corrected chi connectivity index (χ2v) is 3.26. The SMILES string of the molecule is NCCOc1ccc(-c2ccccc2)nn1. The van der Waals surface area contributed by atoms with Crippen LogP contribution in [0.1, 0.15) is 0 Å². The molecule has 4 nitrogen and oxygen atoms in total. The Balaban J connectivity index is 2.13. The van der Waals surface area contributed by atoms with Crippen LogP contribution < -0.4 is 10.5 Å². The standard InChI is InChI=1S/C12H13N3O/c13-8-9-16-12-7-6-11(14-15-12)10-4-2-1-3-5-10/h1-7H,8-9,13H2. The lowest BCUT2D eigenvalue weighted by Gasteiger charge is -2.03. The van der Waals surface area contributed by atoms with Crippen LogP contribution in [0.4, 0.5) is 0 Å². The van der Waals surface area contributed by atoms with Gasteiger partial charge in [0, 0.05) is 18.2 Å². The molecule has 0 fully saturated rings. The molecule has 2 aromatic rings. The molecule has 0 radical (unpaired) electrons. The maximum absolute atomic E-state index is 5.32. The zero-order valence-corrected chi connectivity index (χ0v) is 8.84. The molecule has 0 aliphatic heterocycles. The highest BCUT2D eigenvalue weighted by Gasteiger charge is 2.00. The highest BCUT2D eigenvalue weighted by molar-refractivity contribution is 5.58. The molecule has 0 unspecified atom stereocenters. The molecule has 82 valence electrons. The molecule has 0 amide bonds. The number of benzene rings is 1. The minimum absolute atomic E-state index is 0.458. The number of rotatable bonds is 4. The van der Waals surface area contributed by atoms with Gasteiger partial charge in [-0.3, -0.25) is 0 Å². The van der Waals surface area contributed by atoms with Crippen molar-refractivity contribution < 1.29 is 4.74 Å². The predicted octanol–water partition coefficient (Wildman–Crippen LogP) is 1.48. The van der Waals surface area contributed by atoms with Gasteiger partial charge in [-0.1, -0.05) is 30.3 Å². The molecular weight excluding hydrogens is 202 g/mol. The van der Waals surface area contributed by atoms with Crippen molar-refractivity contribution in [2.45, 2.75) is 0 Å². The van der Waals surface area contributed by atoms with Gasteiger partial charge < -0.3 is 10.5 Å². The smallest absolute Gasteiger partial charge is 0.233 e. The van der Waals surface area contributed by atoms with E-state index in [1.54, 1.807) is 6.07 Å². The molecule has 0 atom stereocenters. The van der Waals surface area contributed by atoms with Crippen LogP contribution in [0.3, 0.4) is 0 Å². The quantitative estimate of drug-likeness (QED) is 0.839. The van der Waals surface area contributed by atoms with E-state index in [0.29, 0.717) is 19.0 Å². The molecule has 0 bridgehead atoms. The summed E-state index contributed by atoms with van der Waals surface area (Å²) in [5.74, 6) is 0.505.